The average Bonchev–Trinajstić information content (AvgIpc) is 2.27. The van der Waals surface area contributed by atoms with Crippen molar-refractivity contribution in [2.24, 2.45) is 0 Å². The Morgan fingerprint density at radius 1 is 1.38 bits per heavy atom. The Kier molecular flexibility index (Phi) is 5.14. The molecule has 0 aliphatic carbocycles. The van der Waals surface area contributed by atoms with E-state index in [0.29, 0.717) is 12.5 Å². The van der Waals surface area contributed by atoms with Gasteiger partial charge >= 0.3 is 0 Å². The average molecular weight is 225 g/mol. The van der Waals surface area contributed by atoms with Crippen molar-refractivity contribution in [2.75, 3.05) is 27.9 Å². The van der Waals surface area contributed by atoms with E-state index in [1.54, 1.807) is 14.2 Å². The Hall–Kier alpha value is -1.20. The summed E-state index contributed by atoms with van der Waals surface area (Å²) in [5.41, 5.74) is 0.959. The molecule has 0 aliphatic rings. The minimum atomic E-state index is 0.254. The van der Waals surface area contributed by atoms with Crippen LogP contribution in [0.15, 0.2) is 6.07 Å². The quantitative estimate of drug-likeness (QED) is 0.767. The van der Waals surface area contributed by atoms with Gasteiger partial charge < -0.3 is 14.8 Å². The molecule has 0 spiro atoms. The third kappa shape index (κ3) is 3.75. The van der Waals surface area contributed by atoms with Gasteiger partial charge in [0.25, 0.3) is 0 Å². The van der Waals surface area contributed by atoms with Crippen LogP contribution in [0.25, 0.3) is 0 Å². The Morgan fingerprint density at radius 3 is 2.69 bits per heavy atom. The van der Waals surface area contributed by atoms with Crippen LogP contribution in [0.1, 0.15) is 11.5 Å². The molecule has 0 radical (unpaired) electrons. The summed E-state index contributed by atoms with van der Waals surface area (Å²) in [7, 11) is 5.21. The van der Waals surface area contributed by atoms with Crippen molar-refractivity contribution in [2.45, 2.75) is 19.4 Å². The zero-order valence-electron chi connectivity index (χ0n) is 10.3. The topological polar surface area (TPSA) is 56.3 Å². The highest BCUT2D eigenvalue weighted by Gasteiger charge is 2.09. The molecule has 1 heterocycles. The van der Waals surface area contributed by atoms with E-state index in [2.05, 4.69) is 15.3 Å². The largest absolute Gasteiger partial charge is 0.481 e. The van der Waals surface area contributed by atoms with Crippen LogP contribution in [-0.4, -0.2) is 43.9 Å². The molecule has 0 aliphatic heterocycles. The van der Waals surface area contributed by atoms with E-state index in [9.17, 15) is 0 Å². The Balaban J connectivity index is 2.74. The second-order valence-corrected chi connectivity index (χ2v) is 3.59. The van der Waals surface area contributed by atoms with Crippen molar-refractivity contribution in [1.29, 1.82) is 0 Å². The van der Waals surface area contributed by atoms with Crippen LogP contribution in [0.4, 0.5) is 0 Å². The van der Waals surface area contributed by atoms with Crippen LogP contribution in [0, 0.1) is 6.92 Å². The smallest absolute Gasteiger partial charge is 0.216 e. The highest BCUT2D eigenvalue weighted by molar-refractivity contribution is 5.16. The number of likely N-dealkylation sites (N-methyl/N-ethyl adjacent to an activating group) is 1. The Morgan fingerprint density at radius 2 is 2.12 bits per heavy atom. The summed E-state index contributed by atoms with van der Waals surface area (Å²) in [5.74, 6) is 1.33. The fourth-order valence-electron chi connectivity index (χ4n) is 1.51. The van der Waals surface area contributed by atoms with Crippen LogP contribution in [0.2, 0.25) is 0 Å². The van der Waals surface area contributed by atoms with Gasteiger partial charge in [0.1, 0.15) is 5.82 Å². The number of methoxy groups -OCH3 is 2. The van der Waals surface area contributed by atoms with Gasteiger partial charge in [0.15, 0.2) is 0 Å². The van der Waals surface area contributed by atoms with Gasteiger partial charge in [-0.05, 0) is 14.0 Å². The number of ether oxygens (including phenoxy) is 2. The second-order valence-electron chi connectivity index (χ2n) is 3.59. The molecule has 1 atom stereocenters. The van der Waals surface area contributed by atoms with Crippen LogP contribution >= 0.6 is 0 Å². The molecule has 1 rings (SSSR count). The Bertz CT molecular complexity index is 331. The molecule has 0 fully saturated rings. The van der Waals surface area contributed by atoms with E-state index >= 15 is 0 Å². The third-order valence-electron chi connectivity index (χ3n) is 2.31. The molecule has 1 aromatic rings. The van der Waals surface area contributed by atoms with E-state index < -0.39 is 0 Å². The number of hydrogen-bond donors (Lipinski definition) is 1. The van der Waals surface area contributed by atoms with Crippen LogP contribution < -0.4 is 10.1 Å². The molecule has 0 amide bonds. The van der Waals surface area contributed by atoms with E-state index in [1.807, 2.05) is 20.0 Å². The lowest BCUT2D eigenvalue weighted by Crippen LogP contribution is -2.32. The SMILES string of the molecule is CNC(COC)Cc1cc(OC)nc(C)n1. The van der Waals surface area contributed by atoms with Gasteiger partial charge in [-0.2, -0.15) is 4.98 Å². The lowest BCUT2D eigenvalue weighted by molar-refractivity contribution is 0.169. The highest BCUT2D eigenvalue weighted by Crippen LogP contribution is 2.10. The first-order valence-corrected chi connectivity index (χ1v) is 5.24. The molecule has 0 bridgehead atoms. The number of rotatable bonds is 6. The highest BCUT2D eigenvalue weighted by atomic mass is 16.5. The predicted octanol–water partition coefficient (Wildman–Crippen LogP) is 0.571. The molecule has 5 nitrogen and oxygen atoms in total. The van der Waals surface area contributed by atoms with E-state index in [4.69, 9.17) is 9.47 Å². The molecule has 1 unspecified atom stereocenters. The first kappa shape index (κ1) is 12.9. The predicted molar refractivity (Wildman–Crippen MR) is 61.7 cm³/mol. The molecule has 0 saturated carbocycles. The summed E-state index contributed by atoms with van der Waals surface area (Å²) >= 11 is 0. The fraction of sp³-hybridized carbons (Fsp3) is 0.636. The molecule has 0 aromatic carbocycles. The maximum atomic E-state index is 5.12. The summed E-state index contributed by atoms with van der Waals surface area (Å²) in [6.45, 7) is 2.51. The normalized spacial score (nSPS) is 12.5. The van der Waals surface area contributed by atoms with Gasteiger partial charge in [-0.3, -0.25) is 0 Å². The lowest BCUT2D eigenvalue weighted by atomic mass is 10.1. The standard InChI is InChI=1S/C11H19N3O2/c1-8-13-9(6-11(14-8)16-4)5-10(12-2)7-15-3/h6,10,12H,5,7H2,1-4H3. The van der Waals surface area contributed by atoms with Crippen LogP contribution in [0.5, 0.6) is 5.88 Å². The van der Waals surface area contributed by atoms with Gasteiger partial charge in [-0.25, -0.2) is 4.98 Å². The molecule has 16 heavy (non-hydrogen) atoms. The Labute approximate surface area is 96.2 Å². The van der Waals surface area contributed by atoms with Crippen molar-refractivity contribution in [3.63, 3.8) is 0 Å². The lowest BCUT2D eigenvalue weighted by Gasteiger charge is -2.14. The second kappa shape index (κ2) is 6.40. The number of hydrogen-bond acceptors (Lipinski definition) is 5. The van der Waals surface area contributed by atoms with E-state index in [1.165, 1.54) is 0 Å². The number of nitrogens with one attached hydrogen (secondary N) is 1. The molecular formula is C11H19N3O2. The molecule has 0 saturated heterocycles. The van der Waals surface area contributed by atoms with E-state index in [0.717, 1.165) is 17.9 Å². The molecule has 1 N–H and O–H groups in total. The van der Waals surface area contributed by atoms with E-state index in [-0.39, 0.29) is 6.04 Å². The maximum absolute atomic E-state index is 5.12. The van der Waals surface area contributed by atoms with Crippen molar-refractivity contribution in [3.8, 4) is 5.88 Å². The van der Waals surface area contributed by atoms with Crippen molar-refractivity contribution < 1.29 is 9.47 Å². The number of aryl methyl sites for hydroxylation is 1. The summed E-state index contributed by atoms with van der Waals surface area (Å²) in [6, 6.07) is 2.11. The molecule has 5 heteroatoms. The van der Waals surface area contributed by atoms with Crippen LogP contribution in [-0.2, 0) is 11.2 Å². The zero-order valence-corrected chi connectivity index (χ0v) is 10.3. The maximum Gasteiger partial charge on any atom is 0.216 e. The molecular weight excluding hydrogens is 206 g/mol. The van der Waals surface area contributed by atoms with Gasteiger partial charge in [0.2, 0.25) is 5.88 Å². The van der Waals surface area contributed by atoms with Gasteiger partial charge in [-0.15, -0.1) is 0 Å². The van der Waals surface area contributed by atoms with Gasteiger partial charge in [0, 0.05) is 31.3 Å². The fourth-order valence-corrected chi connectivity index (χ4v) is 1.51. The molecule has 1 aromatic heterocycles. The summed E-state index contributed by atoms with van der Waals surface area (Å²) in [5, 5.41) is 3.18. The van der Waals surface area contributed by atoms with Gasteiger partial charge in [-0.1, -0.05) is 0 Å². The first-order valence-electron chi connectivity index (χ1n) is 5.24. The minimum Gasteiger partial charge on any atom is -0.481 e. The molecule has 90 valence electrons. The number of aromatic nitrogens is 2. The summed E-state index contributed by atoms with van der Waals surface area (Å²) in [6.07, 6.45) is 0.796. The first-order chi connectivity index (χ1) is 7.69. The minimum absolute atomic E-state index is 0.254. The van der Waals surface area contributed by atoms with Crippen molar-refractivity contribution in [1.82, 2.24) is 15.3 Å². The monoisotopic (exact) mass is 225 g/mol. The zero-order chi connectivity index (χ0) is 12.0. The van der Waals surface area contributed by atoms with Crippen molar-refractivity contribution >= 4 is 0 Å². The number of nitrogens with zero attached hydrogens (tertiary/aromatic N) is 2. The third-order valence-corrected chi connectivity index (χ3v) is 2.31. The summed E-state index contributed by atoms with van der Waals surface area (Å²) < 4.78 is 10.2. The van der Waals surface area contributed by atoms with Gasteiger partial charge in [0.05, 0.1) is 13.7 Å². The van der Waals surface area contributed by atoms with Crippen molar-refractivity contribution in [3.05, 3.63) is 17.6 Å². The van der Waals surface area contributed by atoms with Crippen LogP contribution in [0.3, 0.4) is 0 Å². The summed E-state index contributed by atoms with van der Waals surface area (Å²) in [4.78, 5) is 8.51.